The van der Waals surface area contributed by atoms with Crippen LogP contribution in [-0.2, 0) is 5.41 Å². The summed E-state index contributed by atoms with van der Waals surface area (Å²) >= 11 is 0. The molecule has 1 saturated heterocycles. The van der Waals surface area contributed by atoms with Gasteiger partial charge < -0.3 is 9.64 Å². The smallest absolute Gasteiger partial charge is 0.119 e. The van der Waals surface area contributed by atoms with Crippen LogP contribution in [0.15, 0.2) is 60.7 Å². The Hall–Kier alpha value is -2.35. The van der Waals surface area contributed by atoms with Gasteiger partial charge in [-0.05, 0) is 49.8 Å². The zero-order valence-corrected chi connectivity index (χ0v) is 17.9. The number of hydrogen-bond acceptors (Lipinski definition) is 4. The fourth-order valence-electron chi connectivity index (χ4n) is 5.03. The third-order valence-electron chi connectivity index (χ3n) is 6.90. The monoisotopic (exact) mass is 403 g/mol. The topological polar surface area (TPSA) is 39.5 Å². The molecule has 4 heteroatoms. The standard InChI is InChI=1S/C26H33N3O/c27-22-26(23-8-3-1-4-9-23)14-12-24(13-15-26)29-19-17-28(18-20-29)16-7-21-30-25-10-5-2-6-11-25/h1-6,8-11,24H,7,12-21H2/t24-,26-. The van der Waals surface area contributed by atoms with Gasteiger partial charge in [-0.15, -0.1) is 0 Å². The zero-order valence-electron chi connectivity index (χ0n) is 17.9. The van der Waals surface area contributed by atoms with Gasteiger partial charge in [-0.3, -0.25) is 4.90 Å². The van der Waals surface area contributed by atoms with Crippen LogP contribution in [0.5, 0.6) is 5.75 Å². The Morgan fingerprint density at radius 1 is 0.900 bits per heavy atom. The van der Waals surface area contributed by atoms with E-state index in [-0.39, 0.29) is 5.41 Å². The molecule has 0 N–H and O–H groups in total. The summed E-state index contributed by atoms with van der Waals surface area (Å²) in [5.41, 5.74) is 0.923. The van der Waals surface area contributed by atoms with Crippen molar-refractivity contribution >= 4 is 0 Å². The molecule has 158 valence electrons. The molecule has 30 heavy (non-hydrogen) atoms. The average Bonchev–Trinajstić information content (AvgIpc) is 2.83. The highest BCUT2D eigenvalue weighted by molar-refractivity contribution is 5.33. The highest BCUT2D eigenvalue weighted by Crippen LogP contribution is 2.40. The summed E-state index contributed by atoms with van der Waals surface area (Å²) in [7, 11) is 0. The molecule has 0 unspecified atom stereocenters. The maximum Gasteiger partial charge on any atom is 0.119 e. The third-order valence-corrected chi connectivity index (χ3v) is 6.90. The molecule has 4 nitrogen and oxygen atoms in total. The molecule has 0 aromatic heterocycles. The number of nitrogens with zero attached hydrogens (tertiary/aromatic N) is 3. The molecule has 2 fully saturated rings. The first-order valence-corrected chi connectivity index (χ1v) is 11.4. The lowest BCUT2D eigenvalue weighted by molar-refractivity contribution is 0.0686. The van der Waals surface area contributed by atoms with Gasteiger partial charge >= 0.3 is 0 Å². The van der Waals surface area contributed by atoms with E-state index in [9.17, 15) is 5.26 Å². The number of ether oxygens (including phenoxy) is 1. The Labute approximate surface area is 181 Å². The minimum absolute atomic E-state index is 0.279. The van der Waals surface area contributed by atoms with Gasteiger partial charge in [-0.2, -0.15) is 5.26 Å². The Morgan fingerprint density at radius 3 is 2.17 bits per heavy atom. The average molecular weight is 404 g/mol. The summed E-state index contributed by atoms with van der Waals surface area (Å²) in [5.74, 6) is 0.962. The van der Waals surface area contributed by atoms with E-state index >= 15 is 0 Å². The lowest BCUT2D eigenvalue weighted by Crippen LogP contribution is -2.52. The van der Waals surface area contributed by atoms with Gasteiger partial charge in [0.1, 0.15) is 5.75 Å². The SMILES string of the molecule is N#C[C@]1(c2ccccc2)CC[C@H](N2CCN(CCCOc3ccccc3)CC2)CC1. The summed E-state index contributed by atoms with van der Waals surface area (Å²) < 4.78 is 5.82. The molecule has 2 aromatic rings. The van der Waals surface area contributed by atoms with Crippen molar-refractivity contribution in [2.45, 2.75) is 43.6 Å². The molecular formula is C26H33N3O. The molecule has 0 atom stereocenters. The molecule has 2 aliphatic rings. The lowest BCUT2D eigenvalue weighted by Gasteiger charge is -2.44. The van der Waals surface area contributed by atoms with Crippen molar-refractivity contribution in [1.82, 2.24) is 9.80 Å². The number of hydrogen-bond donors (Lipinski definition) is 0. The number of nitriles is 1. The molecule has 0 amide bonds. The van der Waals surface area contributed by atoms with Crippen LogP contribution in [0.25, 0.3) is 0 Å². The molecular weight excluding hydrogens is 370 g/mol. The molecule has 2 aromatic carbocycles. The lowest BCUT2D eigenvalue weighted by atomic mass is 9.69. The molecule has 0 spiro atoms. The number of piperazine rings is 1. The van der Waals surface area contributed by atoms with Gasteiger partial charge in [0.15, 0.2) is 0 Å². The van der Waals surface area contributed by atoms with Crippen molar-refractivity contribution in [3.63, 3.8) is 0 Å². The highest BCUT2D eigenvalue weighted by atomic mass is 16.5. The fourth-order valence-corrected chi connectivity index (χ4v) is 5.03. The van der Waals surface area contributed by atoms with E-state index in [1.807, 2.05) is 36.4 Å². The second kappa shape index (κ2) is 10.1. The van der Waals surface area contributed by atoms with Crippen LogP contribution in [0.2, 0.25) is 0 Å². The third kappa shape index (κ3) is 5.03. The Kier molecular flexibility index (Phi) is 7.04. The summed E-state index contributed by atoms with van der Waals surface area (Å²) in [5, 5.41) is 9.92. The minimum Gasteiger partial charge on any atom is -0.494 e. The first-order valence-electron chi connectivity index (χ1n) is 11.4. The molecule has 1 aliphatic heterocycles. The molecule has 1 heterocycles. The van der Waals surface area contributed by atoms with E-state index in [1.54, 1.807) is 0 Å². The van der Waals surface area contributed by atoms with E-state index in [4.69, 9.17) is 4.74 Å². The van der Waals surface area contributed by atoms with Gasteiger partial charge in [0.25, 0.3) is 0 Å². The summed E-state index contributed by atoms with van der Waals surface area (Å²) in [6, 6.07) is 23.8. The van der Waals surface area contributed by atoms with Crippen LogP contribution in [0.1, 0.15) is 37.7 Å². The van der Waals surface area contributed by atoms with Crippen molar-refractivity contribution in [3.8, 4) is 11.8 Å². The number of rotatable bonds is 7. The normalized spacial score (nSPS) is 25.5. The zero-order chi connectivity index (χ0) is 20.7. The van der Waals surface area contributed by atoms with Crippen LogP contribution in [0.3, 0.4) is 0 Å². The van der Waals surface area contributed by atoms with E-state index in [0.717, 1.165) is 77.2 Å². The fraction of sp³-hybridized carbons (Fsp3) is 0.500. The van der Waals surface area contributed by atoms with Crippen molar-refractivity contribution in [2.24, 2.45) is 0 Å². The van der Waals surface area contributed by atoms with Gasteiger partial charge in [-0.1, -0.05) is 48.5 Å². The molecule has 1 aliphatic carbocycles. The van der Waals surface area contributed by atoms with Crippen molar-refractivity contribution in [3.05, 3.63) is 66.2 Å². The van der Waals surface area contributed by atoms with Crippen LogP contribution < -0.4 is 4.74 Å². The van der Waals surface area contributed by atoms with E-state index in [1.165, 1.54) is 5.56 Å². The van der Waals surface area contributed by atoms with Crippen LogP contribution in [-0.4, -0.2) is 55.2 Å². The largest absolute Gasteiger partial charge is 0.494 e. The van der Waals surface area contributed by atoms with Crippen LogP contribution in [0, 0.1) is 11.3 Å². The first-order chi connectivity index (χ1) is 14.8. The van der Waals surface area contributed by atoms with Crippen LogP contribution >= 0.6 is 0 Å². The van der Waals surface area contributed by atoms with Gasteiger partial charge in [0.2, 0.25) is 0 Å². The van der Waals surface area contributed by atoms with E-state index in [0.29, 0.717) is 6.04 Å². The predicted molar refractivity (Wildman–Crippen MR) is 121 cm³/mol. The van der Waals surface area contributed by atoms with Crippen molar-refractivity contribution < 1.29 is 4.74 Å². The molecule has 1 saturated carbocycles. The van der Waals surface area contributed by atoms with E-state index < -0.39 is 0 Å². The summed E-state index contributed by atoms with van der Waals surface area (Å²) in [4.78, 5) is 5.24. The van der Waals surface area contributed by atoms with Crippen molar-refractivity contribution in [1.29, 1.82) is 5.26 Å². The number of para-hydroxylation sites is 1. The maximum absolute atomic E-state index is 9.92. The summed E-state index contributed by atoms with van der Waals surface area (Å²) in [6.45, 7) is 6.47. The van der Waals surface area contributed by atoms with E-state index in [2.05, 4.69) is 40.1 Å². The summed E-state index contributed by atoms with van der Waals surface area (Å²) in [6.07, 6.45) is 5.30. The van der Waals surface area contributed by atoms with Gasteiger partial charge in [-0.25, -0.2) is 0 Å². The quantitative estimate of drug-likeness (QED) is 0.639. The molecule has 0 bridgehead atoms. The second-order valence-electron chi connectivity index (χ2n) is 8.68. The molecule has 4 rings (SSSR count). The van der Waals surface area contributed by atoms with Gasteiger partial charge in [0.05, 0.1) is 18.1 Å². The Balaban J connectivity index is 1.18. The minimum atomic E-state index is -0.279. The molecule has 0 radical (unpaired) electrons. The first kappa shape index (κ1) is 20.9. The van der Waals surface area contributed by atoms with Crippen LogP contribution in [0.4, 0.5) is 0 Å². The maximum atomic E-state index is 9.92. The predicted octanol–water partition coefficient (Wildman–Crippen LogP) is 4.48. The highest BCUT2D eigenvalue weighted by Gasteiger charge is 2.39. The Morgan fingerprint density at radius 2 is 1.53 bits per heavy atom. The van der Waals surface area contributed by atoms with Gasteiger partial charge in [0, 0.05) is 38.8 Å². The second-order valence-corrected chi connectivity index (χ2v) is 8.68. The van der Waals surface area contributed by atoms with Crippen molar-refractivity contribution in [2.75, 3.05) is 39.3 Å². The Bertz CT molecular complexity index is 801. The number of benzene rings is 2.